The van der Waals surface area contributed by atoms with Gasteiger partial charge in [0, 0.05) is 12.6 Å². The van der Waals surface area contributed by atoms with E-state index < -0.39 is 5.91 Å². The lowest BCUT2D eigenvalue weighted by atomic mass is 10.0. The zero-order chi connectivity index (χ0) is 23.1. The first kappa shape index (κ1) is 23.7. The summed E-state index contributed by atoms with van der Waals surface area (Å²) in [6.07, 6.45) is 6.20. The van der Waals surface area contributed by atoms with E-state index in [2.05, 4.69) is 10.9 Å². The number of amides is 4. The number of hydroxylamine groups is 2. The second-order valence-electron chi connectivity index (χ2n) is 8.42. The molecule has 2 aliphatic rings. The topological polar surface area (TPSA) is 94.2 Å². The molecular weight excluding hydrogens is 410 g/mol. The summed E-state index contributed by atoms with van der Waals surface area (Å²) in [7, 11) is 3.66. The van der Waals surface area contributed by atoms with Crippen molar-refractivity contribution in [1.29, 1.82) is 0 Å². The van der Waals surface area contributed by atoms with Crippen molar-refractivity contribution < 1.29 is 19.2 Å². The second-order valence-corrected chi connectivity index (χ2v) is 8.42. The first-order valence-corrected chi connectivity index (χ1v) is 11.1. The number of carbonyl (C=O) groups is 3. The van der Waals surface area contributed by atoms with Gasteiger partial charge < -0.3 is 4.90 Å². The monoisotopic (exact) mass is 443 g/mol. The quantitative estimate of drug-likeness (QED) is 0.449. The Morgan fingerprint density at radius 3 is 2.66 bits per heavy atom. The van der Waals surface area contributed by atoms with Gasteiger partial charge in [0.2, 0.25) is 0 Å². The molecule has 3 rings (SSSR count). The Labute approximate surface area is 189 Å². The molecule has 1 aromatic carbocycles. The molecule has 2 bridgehead atoms. The highest BCUT2D eigenvalue weighted by molar-refractivity contribution is 5.90. The van der Waals surface area contributed by atoms with Gasteiger partial charge in [-0.3, -0.25) is 30.2 Å². The highest BCUT2D eigenvalue weighted by Crippen LogP contribution is 2.31. The van der Waals surface area contributed by atoms with Crippen molar-refractivity contribution in [2.45, 2.75) is 57.3 Å². The third kappa shape index (κ3) is 5.86. The molecule has 9 nitrogen and oxygen atoms in total. The van der Waals surface area contributed by atoms with Crippen molar-refractivity contribution in [3.05, 3.63) is 48.0 Å². The number of carbonyl (C=O) groups excluding carboxylic acids is 3. The Hall–Kier alpha value is -2.91. The number of rotatable bonds is 9. The summed E-state index contributed by atoms with van der Waals surface area (Å²) >= 11 is 0. The van der Waals surface area contributed by atoms with E-state index in [4.69, 9.17) is 4.84 Å². The number of hydrogen-bond acceptors (Lipinski definition) is 5. The second kappa shape index (κ2) is 11.1. The van der Waals surface area contributed by atoms with Crippen molar-refractivity contribution in [1.82, 2.24) is 25.7 Å². The van der Waals surface area contributed by atoms with E-state index in [1.54, 1.807) is 11.0 Å². The molecule has 2 aliphatic heterocycles. The number of benzene rings is 1. The Morgan fingerprint density at radius 2 is 1.97 bits per heavy atom. The third-order valence-electron chi connectivity index (χ3n) is 5.85. The van der Waals surface area contributed by atoms with Gasteiger partial charge in [-0.05, 0) is 38.9 Å². The average molecular weight is 444 g/mol. The SMILES string of the molecule is CCCC(C(=O)NNC(=O)C=CC1CCC2CN1C(=O)N2OCc1ccccc1)N(C)C. The number of piperidine rings is 1. The van der Waals surface area contributed by atoms with E-state index >= 15 is 0 Å². The van der Waals surface area contributed by atoms with Gasteiger partial charge in [-0.15, -0.1) is 0 Å². The van der Waals surface area contributed by atoms with Crippen LogP contribution in [0, 0.1) is 0 Å². The van der Waals surface area contributed by atoms with Crippen LogP contribution in [-0.4, -0.2) is 71.5 Å². The molecule has 32 heavy (non-hydrogen) atoms. The van der Waals surface area contributed by atoms with E-state index in [0.717, 1.165) is 24.8 Å². The molecule has 0 aliphatic carbocycles. The number of fused-ring (bicyclic) bond motifs is 2. The maximum atomic E-state index is 12.8. The summed E-state index contributed by atoms with van der Waals surface area (Å²) in [4.78, 5) is 46.6. The number of likely N-dealkylation sites (N-methyl/N-ethyl adjacent to an activating group) is 1. The van der Waals surface area contributed by atoms with Crippen molar-refractivity contribution in [3.63, 3.8) is 0 Å². The van der Waals surface area contributed by atoms with Crippen molar-refractivity contribution in [2.24, 2.45) is 0 Å². The zero-order valence-corrected chi connectivity index (χ0v) is 19.0. The molecule has 0 radical (unpaired) electrons. The van der Waals surface area contributed by atoms with Gasteiger partial charge in [0.15, 0.2) is 0 Å². The molecule has 2 saturated heterocycles. The molecular formula is C23H33N5O4. The lowest BCUT2D eigenvalue weighted by Crippen LogP contribution is -2.50. The van der Waals surface area contributed by atoms with E-state index in [1.807, 2.05) is 56.3 Å². The summed E-state index contributed by atoms with van der Waals surface area (Å²) in [5.74, 6) is -0.682. The van der Waals surface area contributed by atoms with Crippen LogP contribution >= 0.6 is 0 Å². The summed E-state index contributed by atoms with van der Waals surface area (Å²) < 4.78 is 0. The van der Waals surface area contributed by atoms with Crippen LogP contribution in [0.2, 0.25) is 0 Å². The fourth-order valence-corrected chi connectivity index (χ4v) is 4.09. The van der Waals surface area contributed by atoms with Crippen LogP contribution in [0.15, 0.2) is 42.5 Å². The summed E-state index contributed by atoms with van der Waals surface area (Å²) in [5, 5.41) is 1.47. The van der Waals surface area contributed by atoms with Crippen LogP contribution < -0.4 is 10.9 Å². The molecule has 3 atom stereocenters. The van der Waals surface area contributed by atoms with Crippen molar-refractivity contribution in [2.75, 3.05) is 20.6 Å². The lowest BCUT2D eigenvalue weighted by Gasteiger charge is -2.28. The van der Waals surface area contributed by atoms with Crippen LogP contribution in [0.3, 0.4) is 0 Å². The van der Waals surface area contributed by atoms with Gasteiger partial charge in [-0.25, -0.2) is 4.79 Å². The highest BCUT2D eigenvalue weighted by atomic mass is 16.7. The maximum Gasteiger partial charge on any atom is 0.344 e. The molecule has 0 aromatic heterocycles. The van der Waals surface area contributed by atoms with Crippen LogP contribution in [0.25, 0.3) is 0 Å². The van der Waals surface area contributed by atoms with E-state index in [9.17, 15) is 14.4 Å². The van der Waals surface area contributed by atoms with E-state index in [0.29, 0.717) is 19.6 Å². The van der Waals surface area contributed by atoms with E-state index in [1.165, 1.54) is 11.1 Å². The predicted molar refractivity (Wildman–Crippen MR) is 120 cm³/mol. The summed E-state index contributed by atoms with van der Waals surface area (Å²) in [6.45, 7) is 2.92. The third-order valence-corrected chi connectivity index (χ3v) is 5.85. The van der Waals surface area contributed by atoms with Crippen molar-refractivity contribution in [3.8, 4) is 0 Å². The largest absolute Gasteiger partial charge is 0.344 e. The molecule has 0 saturated carbocycles. The Morgan fingerprint density at radius 1 is 1.22 bits per heavy atom. The Balaban J connectivity index is 1.49. The number of nitrogens with zero attached hydrogens (tertiary/aromatic N) is 3. The smallest absolute Gasteiger partial charge is 0.314 e. The number of urea groups is 1. The first-order valence-electron chi connectivity index (χ1n) is 11.1. The molecule has 3 unspecified atom stereocenters. The van der Waals surface area contributed by atoms with Crippen molar-refractivity contribution >= 4 is 17.8 Å². The fourth-order valence-electron chi connectivity index (χ4n) is 4.09. The molecule has 174 valence electrons. The molecule has 9 heteroatoms. The molecule has 0 spiro atoms. The fraction of sp³-hybridized carbons (Fsp3) is 0.522. The first-order chi connectivity index (χ1) is 15.4. The van der Waals surface area contributed by atoms with Crippen LogP contribution in [0.4, 0.5) is 4.79 Å². The zero-order valence-electron chi connectivity index (χ0n) is 19.0. The lowest BCUT2D eigenvalue weighted by molar-refractivity contribution is -0.140. The number of nitrogens with one attached hydrogen (secondary N) is 2. The predicted octanol–water partition coefficient (Wildman–Crippen LogP) is 1.82. The molecule has 4 amide bonds. The maximum absolute atomic E-state index is 12.8. The van der Waals surface area contributed by atoms with Crippen LogP contribution in [0.1, 0.15) is 38.2 Å². The highest BCUT2D eigenvalue weighted by Gasteiger charge is 2.44. The van der Waals surface area contributed by atoms with Gasteiger partial charge in [0.25, 0.3) is 11.8 Å². The van der Waals surface area contributed by atoms with Gasteiger partial charge in [-0.2, -0.15) is 5.06 Å². The minimum Gasteiger partial charge on any atom is -0.314 e. The van der Waals surface area contributed by atoms with Crippen LogP contribution in [-0.2, 0) is 21.0 Å². The molecule has 1 aromatic rings. The minimum atomic E-state index is -0.432. The number of hydrogen-bond donors (Lipinski definition) is 2. The minimum absolute atomic E-state index is 0.0190. The number of hydrazine groups is 1. The summed E-state index contributed by atoms with van der Waals surface area (Å²) in [6, 6.07) is 9.08. The van der Waals surface area contributed by atoms with Gasteiger partial charge in [0.1, 0.15) is 6.61 Å². The summed E-state index contributed by atoms with van der Waals surface area (Å²) in [5.41, 5.74) is 5.91. The molecule has 2 N–H and O–H groups in total. The average Bonchev–Trinajstić information content (AvgIpc) is 3.04. The Bertz CT molecular complexity index is 829. The van der Waals surface area contributed by atoms with Gasteiger partial charge >= 0.3 is 6.03 Å². The molecule has 2 heterocycles. The van der Waals surface area contributed by atoms with Gasteiger partial charge in [-0.1, -0.05) is 49.8 Å². The van der Waals surface area contributed by atoms with Gasteiger partial charge in [0.05, 0.1) is 18.1 Å². The Kier molecular flexibility index (Phi) is 8.24. The van der Waals surface area contributed by atoms with E-state index in [-0.39, 0.29) is 30.1 Å². The normalized spacial score (nSPS) is 21.3. The standard InChI is InChI=1S/C23H33N5O4/c1-4-8-20(26(2)3)22(30)25-24-21(29)14-13-18-11-12-19-15-27(18)23(31)28(19)32-16-17-9-6-5-7-10-17/h5-7,9-10,13-14,18-20H,4,8,11-12,15-16H2,1-3H3,(H,24,29)(H,25,30). The van der Waals surface area contributed by atoms with Crippen LogP contribution in [0.5, 0.6) is 0 Å². The molecule has 2 fully saturated rings.